The van der Waals surface area contributed by atoms with Crippen molar-refractivity contribution < 1.29 is 9.53 Å². The number of aryl methyl sites for hydroxylation is 1. The van der Waals surface area contributed by atoms with E-state index in [-0.39, 0.29) is 11.9 Å². The Morgan fingerprint density at radius 1 is 1.14 bits per heavy atom. The molecule has 1 fully saturated rings. The second-order valence-corrected chi connectivity index (χ2v) is 7.66. The highest BCUT2D eigenvalue weighted by Gasteiger charge is 2.26. The number of hydrogen-bond donors (Lipinski definition) is 2. The number of carbonyl (C=O) groups is 1. The first kappa shape index (κ1) is 19.5. The predicted molar refractivity (Wildman–Crippen MR) is 116 cm³/mol. The fourth-order valence-corrected chi connectivity index (χ4v) is 4.32. The summed E-state index contributed by atoms with van der Waals surface area (Å²) in [7, 11) is 1.71. The van der Waals surface area contributed by atoms with Crippen LogP contribution in [0.15, 0.2) is 54.7 Å². The molecule has 2 heterocycles. The zero-order valence-electron chi connectivity index (χ0n) is 17.0. The lowest BCUT2D eigenvalue weighted by Gasteiger charge is -2.29. The number of aromatic amines is 1. The van der Waals surface area contributed by atoms with E-state index in [2.05, 4.69) is 33.4 Å². The monoisotopic (exact) mass is 391 g/mol. The molecule has 3 aromatic rings. The van der Waals surface area contributed by atoms with Crippen LogP contribution in [0, 0.1) is 0 Å². The van der Waals surface area contributed by atoms with Gasteiger partial charge in [-0.2, -0.15) is 0 Å². The minimum Gasteiger partial charge on any atom is -0.496 e. The van der Waals surface area contributed by atoms with Crippen LogP contribution in [-0.4, -0.2) is 42.5 Å². The molecule has 5 heteroatoms. The second-order valence-electron chi connectivity index (χ2n) is 7.66. The zero-order valence-corrected chi connectivity index (χ0v) is 17.0. The van der Waals surface area contributed by atoms with E-state index >= 15 is 0 Å². The summed E-state index contributed by atoms with van der Waals surface area (Å²) in [6.07, 6.45) is 5.65. The molecule has 5 nitrogen and oxygen atoms in total. The van der Waals surface area contributed by atoms with Crippen LogP contribution in [0.5, 0.6) is 5.75 Å². The standard InChI is InChI=1S/C24H29N3O2/c1-29-23-11-5-3-9-20(23)22(27-14-6-7-15-27)17-26-24(28)13-12-18-16-25-21-10-4-2-8-19(18)21/h2-5,8-11,16,22,25H,6-7,12-15,17H2,1H3,(H,26,28). The van der Waals surface area contributed by atoms with Crippen LogP contribution in [0.4, 0.5) is 0 Å². The fourth-order valence-electron chi connectivity index (χ4n) is 4.32. The number of rotatable bonds is 8. The Balaban J connectivity index is 1.39. The number of para-hydroxylation sites is 2. The third kappa shape index (κ3) is 4.46. The summed E-state index contributed by atoms with van der Waals surface area (Å²) in [6, 6.07) is 16.5. The van der Waals surface area contributed by atoms with E-state index in [1.807, 2.05) is 36.5 Å². The van der Waals surface area contributed by atoms with Crippen molar-refractivity contribution in [3.63, 3.8) is 0 Å². The SMILES string of the molecule is COc1ccccc1C(CNC(=O)CCc1c[nH]c2ccccc12)N1CCCC1. The van der Waals surface area contributed by atoms with Gasteiger partial charge < -0.3 is 15.0 Å². The molecule has 29 heavy (non-hydrogen) atoms. The summed E-state index contributed by atoms with van der Waals surface area (Å²) < 4.78 is 5.59. The molecule has 0 saturated carbocycles. The first-order valence-corrected chi connectivity index (χ1v) is 10.4. The number of hydrogen-bond acceptors (Lipinski definition) is 3. The van der Waals surface area contributed by atoms with Gasteiger partial charge in [0.25, 0.3) is 0 Å². The number of amides is 1. The summed E-state index contributed by atoms with van der Waals surface area (Å²) in [5.74, 6) is 0.979. The van der Waals surface area contributed by atoms with Crippen molar-refractivity contribution in [3.8, 4) is 5.75 Å². The normalized spacial score (nSPS) is 15.5. The zero-order chi connectivity index (χ0) is 20.1. The Labute approximate surface area is 172 Å². The van der Waals surface area contributed by atoms with Gasteiger partial charge in [0, 0.05) is 35.6 Å². The summed E-state index contributed by atoms with van der Waals surface area (Å²) >= 11 is 0. The van der Waals surface area contributed by atoms with Crippen LogP contribution >= 0.6 is 0 Å². The third-order valence-corrected chi connectivity index (χ3v) is 5.87. The first-order chi connectivity index (χ1) is 14.3. The van der Waals surface area contributed by atoms with Crippen LogP contribution in [0.2, 0.25) is 0 Å². The molecule has 1 unspecified atom stereocenters. The number of ether oxygens (including phenoxy) is 1. The van der Waals surface area contributed by atoms with Crippen LogP contribution in [-0.2, 0) is 11.2 Å². The molecule has 1 aromatic heterocycles. The van der Waals surface area contributed by atoms with Gasteiger partial charge in [-0.05, 0) is 50.0 Å². The van der Waals surface area contributed by atoms with Gasteiger partial charge in [0.1, 0.15) is 5.75 Å². The number of aromatic nitrogens is 1. The van der Waals surface area contributed by atoms with Crippen molar-refractivity contribution in [1.29, 1.82) is 0 Å². The molecular formula is C24H29N3O2. The van der Waals surface area contributed by atoms with Crippen LogP contribution in [0.3, 0.4) is 0 Å². The third-order valence-electron chi connectivity index (χ3n) is 5.87. The highest BCUT2D eigenvalue weighted by atomic mass is 16.5. The van der Waals surface area contributed by atoms with Crippen molar-refractivity contribution in [1.82, 2.24) is 15.2 Å². The first-order valence-electron chi connectivity index (χ1n) is 10.4. The highest BCUT2D eigenvalue weighted by Crippen LogP contribution is 2.31. The van der Waals surface area contributed by atoms with E-state index in [0.717, 1.165) is 36.3 Å². The van der Waals surface area contributed by atoms with Crippen molar-refractivity contribution in [2.75, 3.05) is 26.7 Å². The minimum absolute atomic E-state index is 0.0920. The van der Waals surface area contributed by atoms with E-state index in [0.29, 0.717) is 13.0 Å². The number of nitrogens with one attached hydrogen (secondary N) is 2. The maximum Gasteiger partial charge on any atom is 0.220 e. The Bertz CT molecular complexity index is 959. The number of fused-ring (bicyclic) bond motifs is 1. The maximum atomic E-state index is 12.6. The van der Waals surface area contributed by atoms with Crippen molar-refractivity contribution in [2.24, 2.45) is 0 Å². The fraction of sp³-hybridized carbons (Fsp3) is 0.375. The molecule has 1 aliphatic rings. The Hall–Kier alpha value is -2.79. The number of likely N-dealkylation sites (tertiary alicyclic amines) is 1. The average Bonchev–Trinajstić information content (AvgIpc) is 3.43. The van der Waals surface area contributed by atoms with Gasteiger partial charge in [-0.3, -0.25) is 9.69 Å². The molecule has 2 aromatic carbocycles. The van der Waals surface area contributed by atoms with E-state index in [1.165, 1.54) is 23.8 Å². The quantitative estimate of drug-likeness (QED) is 0.609. The molecule has 4 rings (SSSR count). The molecule has 1 amide bonds. The maximum absolute atomic E-state index is 12.6. The van der Waals surface area contributed by atoms with Gasteiger partial charge in [-0.1, -0.05) is 36.4 Å². The smallest absolute Gasteiger partial charge is 0.220 e. The van der Waals surface area contributed by atoms with E-state index in [1.54, 1.807) is 7.11 Å². The lowest BCUT2D eigenvalue weighted by Crippen LogP contribution is -2.37. The Kier molecular flexibility index (Phi) is 6.15. The molecule has 1 atom stereocenters. The van der Waals surface area contributed by atoms with Crippen molar-refractivity contribution >= 4 is 16.8 Å². The van der Waals surface area contributed by atoms with Gasteiger partial charge in [0.2, 0.25) is 5.91 Å². The number of methoxy groups -OCH3 is 1. The molecular weight excluding hydrogens is 362 g/mol. The van der Waals surface area contributed by atoms with Crippen molar-refractivity contribution in [3.05, 3.63) is 65.9 Å². The molecule has 0 bridgehead atoms. The van der Waals surface area contributed by atoms with Gasteiger partial charge in [-0.25, -0.2) is 0 Å². The molecule has 1 aliphatic heterocycles. The van der Waals surface area contributed by atoms with E-state index < -0.39 is 0 Å². The number of carbonyl (C=O) groups excluding carboxylic acids is 1. The topological polar surface area (TPSA) is 57.4 Å². The van der Waals surface area contributed by atoms with Crippen molar-refractivity contribution in [2.45, 2.75) is 31.7 Å². The average molecular weight is 392 g/mol. The second kappa shape index (κ2) is 9.14. The Morgan fingerprint density at radius 3 is 2.72 bits per heavy atom. The summed E-state index contributed by atoms with van der Waals surface area (Å²) in [4.78, 5) is 18.3. The summed E-state index contributed by atoms with van der Waals surface area (Å²) in [6.45, 7) is 2.73. The predicted octanol–water partition coefficient (Wildman–Crippen LogP) is 4.06. The molecule has 0 aliphatic carbocycles. The van der Waals surface area contributed by atoms with Gasteiger partial charge >= 0.3 is 0 Å². The Morgan fingerprint density at radius 2 is 1.90 bits per heavy atom. The number of H-pyrrole nitrogens is 1. The highest BCUT2D eigenvalue weighted by molar-refractivity contribution is 5.84. The van der Waals surface area contributed by atoms with E-state index in [4.69, 9.17) is 4.74 Å². The van der Waals surface area contributed by atoms with Gasteiger partial charge in [0.05, 0.1) is 13.2 Å². The summed E-state index contributed by atoms with van der Waals surface area (Å²) in [5, 5.41) is 4.37. The minimum atomic E-state index is 0.0920. The summed E-state index contributed by atoms with van der Waals surface area (Å²) in [5.41, 5.74) is 3.46. The van der Waals surface area contributed by atoms with Crippen LogP contribution < -0.4 is 10.1 Å². The number of nitrogens with zero attached hydrogens (tertiary/aromatic N) is 1. The lowest BCUT2D eigenvalue weighted by atomic mass is 10.0. The largest absolute Gasteiger partial charge is 0.496 e. The molecule has 0 spiro atoms. The van der Waals surface area contributed by atoms with E-state index in [9.17, 15) is 4.79 Å². The van der Waals surface area contributed by atoms with Gasteiger partial charge in [0.15, 0.2) is 0 Å². The molecule has 1 saturated heterocycles. The molecule has 2 N–H and O–H groups in total. The lowest BCUT2D eigenvalue weighted by molar-refractivity contribution is -0.121. The molecule has 152 valence electrons. The number of benzene rings is 2. The van der Waals surface area contributed by atoms with Crippen LogP contribution in [0.25, 0.3) is 10.9 Å². The van der Waals surface area contributed by atoms with Gasteiger partial charge in [-0.15, -0.1) is 0 Å². The molecule has 0 radical (unpaired) electrons. The van der Waals surface area contributed by atoms with Crippen LogP contribution in [0.1, 0.15) is 36.4 Å².